The van der Waals surface area contributed by atoms with Crippen LogP contribution in [0.5, 0.6) is 0 Å². The van der Waals surface area contributed by atoms with Crippen LogP contribution in [0.1, 0.15) is 6.42 Å². The fourth-order valence-corrected chi connectivity index (χ4v) is 3.98. The van der Waals surface area contributed by atoms with E-state index in [0.29, 0.717) is 13.2 Å². The van der Waals surface area contributed by atoms with Gasteiger partial charge in [-0.05, 0) is 0 Å². The molecule has 0 bridgehead atoms. The molecule has 1 unspecified atom stereocenters. The summed E-state index contributed by atoms with van der Waals surface area (Å²) in [5, 5.41) is 11.3. The van der Waals surface area contributed by atoms with Crippen LogP contribution >= 0.6 is 0 Å². The van der Waals surface area contributed by atoms with E-state index in [4.69, 9.17) is 9.84 Å². The van der Waals surface area contributed by atoms with Crippen molar-refractivity contribution in [3.05, 3.63) is 0 Å². The standard InChI is InChI=1S/C10H17N3O6S/c14-9(15)7-8-10(16)11-1-2-13(8)20(17,18)12-3-5-19-6-4-12/h8H,1-7H2,(H,11,16)(H,14,15). The van der Waals surface area contributed by atoms with E-state index in [1.54, 1.807) is 0 Å². The second kappa shape index (κ2) is 6.04. The summed E-state index contributed by atoms with van der Waals surface area (Å²) in [5.41, 5.74) is 0. The van der Waals surface area contributed by atoms with E-state index in [-0.39, 0.29) is 26.2 Å². The van der Waals surface area contributed by atoms with Crippen molar-refractivity contribution in [1.29, 1.82) is 0 Å². The molecule has 0 aromatic carbocycles. The third-order valence-corrected chi connectivity index (χ3v) is 5.29. The van der Waals surface area contributed by atoms with Crippen LogP contribution in [0.15, 0.2) is 0 Å². The number of carbonyl (C=O) groups is 2. The van der Waals surface area contributed by atoms with Crippen LogP contribution in [0, 0.1) is 0 Å². The first kappa shape index (κ1) is 15.2. The number of carboxylic acid groups (broad SMARTS) is 1. The van der Waals surface area contributed by atoms with Crippen LogP contribution < -0.4 is 5.32 Å². The molecule has 2 aliphatic rings. The van der Waals surface area contributed by atoms with Crippen LogP contribution in [-0.4, -0.2) is 79.4 Å². The molecule has 0 radical (unpaired) electrons. The predicted octanol–water partition coefficient (Wildman–Crippen LogP) is -2.16. The number of morpholine rings is 1. The quantitative estimate of drug-likeness (QED) is 0.611. The summed E-state index contributed by atoms with van der Waals surface area (Å²) in [6.45, 7) is 1.26. The number of carboxylic acids is 1. The second-order valence-electron chi connectivity index (χ2n) is 4.53. The van der Waals surface area contributed by atoms with Crippen molar-refractivity contribution < 1.29 is 27.9 Å². The molecule has 10 heteroatoms. The molecule has 0 saturated carbocycles. The lowest BCUT2D eigenvalue weighted by molar-refractivity contribution is -0.141. The van der Waals surface area contributed by atoms with Gasteiger partial charge in [0.15, 0.2) is 0 Å². The first-order chi connectivity index (χ1) is 9.43. The molecule has 2 aliphatic heterocycles. The zero-order chi connectivity index (χ0) is 14.8. The Morgan fingerprint density at radius 2 is 2.00 bits per heavy atom. The molecule has 20 heavy (non-hydrogen) atoms. The molecule has 2 saturated heterocycles. The summed E-state index contributed by atoms with van der Waals surface area (Å²) in [6, 6.07) is -1.20. The summed E-state index contributed by atoms with van der Waals surface area (Å²) < 4.78 is 32.3. The van der Waals surface area contributed by atoms with Crippen molar-refractivity contribution >= 4 is 22.1 Å². The smallest absolute Gasteiger partial charge is 0.305 e. The number of ether oxygens (including phenoxy) is 1. The Hall–Kier alpha value is -1.23. The van der Waals surface area contributed by atoms with E-state index >= 15 is 0 Å². The fourth-order valence-electron chi connectivity index (χ4n) is 2.26. The third kappa shape index (κ3) is 3.08. The average Bonchev–Trinajstić information content (AvgIpc) is 2.41. The highest BCUT2D eigenvalue weighted by Crippen LogP contribution is 2.18. The van der Waals surface area contributed by atoms with Gasteiger partial charge in [-0.15, -0.1) is 0 Å². The van der Waals surface area contributed by atoms with Gasteiger partial charge in [0.05, 0.1) is 19.6 Å². The van der Waals surface area contributed by atoms with Gasteiger partial charge in [-0.25, -0.2) is 0 Å². The molecule has 2 rings (SSSR count). The number of nitrogens with zero attached hydrogens (tertiary/aromatic N) is 2. The van der Waals surface area contributed by atoms with Gasteiger partial charge in [-0.3, -0.25) is 9.59 Å². The molecule has 2 fully saturated rings. The number of amides is 1. The summed E-state index contributed by atoms with van der Waals surface area (Å²) in [4.78, 5) is 22.6. The monoisotopic (exact) mass is 307 g/mol. The SMILES string of the molecule is O=C(O)CC1C(=O)NCCN1S(=O)(=O)N1CCOCC1. The number of hydrogen-bond donors (Lipinski definition) is 2. The van der Waals surface area contributed by atoms with Gasteiger partial charge in [0.2, 0.25) is 5.91 Å². The minimum atomic E-state index is -3.85. The maximum absolute atomic E-state index is 12.5. The van der Waals surface area contributed by atoms with E-state index < -0.39 is 34.5 Å². The van der Waals surface area contributed by atoms with Crippen LogP contribution in [0.2, 0.25) is 0 Å². The Morgan fingerprint density at radius 1 is 1.35 bits per heavy atom. The molecule has 0 aliphatic carbocycles. The number of nitrogens with one attached hydrogen (secondary N) is 1. The lowest BCUT2D eigenvalue weighted by Gasteiger charge is -2.37. The van der Waals surface area contributed by atoms with Gasteiger partial charge >= 0.3 is 5.97 Å². The number of aliphatic carboxylic acids is 1. The first-order valence-electron chi connectivity index (χ1n) is 6.27. The molecule has 0 spiro atoms. The largest absolute Gasteiger partial charge is 0.481 e. The first-order valence-corrected chi connectivity index (χ1v) is 7.67. The predicted molar refractivity (Wildman–Crippen MR) is 67.1 cm³/mol. The van der Waals surface area contributed by atoms with Crippen LogP contribution in [-0.2, 0) is 24.5 Å². The van der Waals surface area contributed by atoms with Crippen LogP contribution in [0.25, 0.3) is 0 Å². The molecule has 2 heterocycles. The maximum Gasteiger partial charge on any atom is 0.305 e. The molecular weight excluding hydrogens is 290 g/mol. The van der Waals surface area contributed by atoms with Gasteiger partial charge in [-0.2, -0.15) is 17.0 Å². The van der Waals surface area contributed by atoms with Crippen molar-refractivity contribution in [2.24, 2.45) is 0 Å². The van der Waals surface area contributed by atoms with Crippen molar-refractivity contribution in [3.8, 4) is 0 Å². The zero-order valence-electron chi connectivity index (χ0n) is 10.8. The summed E-state index contributed by atoms with van der Waals surface area (Å²) in [6.07, 6.45) is -0.546. The van der Waals surface area contributed by atoms with E-state index in [1.165, 1.54) is 4.31 Å². The zero-order valence-corrected chi connectivity index (χ0v) is 11.6. The minimum Gasteiger partial charge on any atom is -0.481 e. The molecule has 0 aromatic heterocycles. The van der Waals surface area contributed by atoms with Gasteiger partial charge in [-0.1, -0.05) is 0 Å². The second-order valence-corrected chi connectivity index (χ2v) is 6.42. The van der Waals surface area contributed by atoms with E-state index in [1.807, 2.05) is 0 Å². The van der Waals surface area contributed by atoms with Crippen LogP contribution in [0.3, 0.4) is 0 Å². The Bertz CT molecular complexity index is 487. The Labute approximate surface area is 116 Å². The van der Waals surface area contributed by atoms with Crippen molar-refractivity contribution in [2.45, 2.75) is 12.5 Å². The van der Waals surface area contributed by atoms with Gasteiger partial charge in [0.1, 0.15) is 6.04 Å². The highest BCUT2D eigenvalue weighted by Gasteiger charge is 2.41. The third-order valence-electron chi connectivity index (χ3n) is 3.24. The normalized spacial score (nSPS) is 26.2. The van der Waals surface area contributed by atoms with Crippen molar-refractivity contribution in [2.75, 3.05) is 39.4 Å². The fraction of sp³-hybridized carbons (Fsp3) is 0.800. The van der Waals surface area contributed by atoms with Gasteiger partial charge < -0.3 is 15.2 Å². The number of carbonyl (C=O) groups excluding carboxylic acids is 1. The van der Waals surface area contributed by atoms with Gasteiger partial charge in [0.25, 0.3) is 10.2 Å². The van der Waals surface area contributed by atoms with Gasteiger partial charge in [0, 0.05) is 26.2 Å². The Kier molecular flexibility index (Phi) is 4.58. The van der Waals surface area contributed by atoms with E-state index in [0.717, 1.165) is 4.31 Å². The number of rotatable bonds is 4. The average molecular weight is 307 g/mol. The molecular formula is C10H17N3O6S. The Balaban J connectivity index is 2.21. The number of hydrogen-bond acceptors (Lipinski definition) is 5. The van der Waals surface area contributed by atoms with Crippen molar-refractivity contribution in [3.63, 3.8) is 0 Å². The molecule has 2 N–H and O–H groups in total. The lowest BCUT2D eigenvalue weighted by Crippen LogP contribution is -2.61. The van der Waals surface area contributed by atoms with E-state index in [2.05, 4.69) is 5.32 Å². The van der Waals surface area contributed by atoms with Crippen molar-refractivity contribution in [1.82, 2.24) is 13.9 Å². The highest BCUT2D eigenvalue weighted by molar-refractivity contribution is 7.86. The summed E-state index contributed by atoms with van der Waals surface area (Å²) >= 11 is 0. The summed E-state index contributed by atoms with van der Waals surface area (Å²) in [7, 11) is -3.85. The molecule has 9 nitrogen and oxygen atoms in total. The molecule has 0 aromatic rings. The summed E-state index contributed by atoms with van der Waals surface area (Å²) in [5.74, 6) is -1.79. The maximum atomic E-state index is 12.5. The highest BCUT2D eigenvalue weighted by atomic mass is 32.2. The van der Waals surface area contributed by atoms with Crippen LogP contribution in [0.4, 0.5) is 0 Å². The molecule has 1 amide bonds. The molecule has 1 atom stereocenters. The van der Waals surface area contributed by atoms with E-state index in [9.17, 15) is 18.0 Å². The lowest BCUT2D eigenvalue weighted by atomic mass is 10.1. The minimum absolute atomic E-state index is 0.0728. The molecule has 114 valence electrons. The number of piperazine rings is 1. The topological polar surface area (TPSA) is 116 Å². The Morgan fingerprint density at radius 3 is 2.60 bits per heavy atom.